The Hall–Kier alpha value is -1.13. The minimum atomic E-state index is -0.117. The minimum Gasteiger partial charge on any atom is -0.310 e. The maximum absolute atomic E-state index is 6.27. The summed E-state index contributed by atoms with van der Waals surface area (Å²) in [7, 11) is 2.13. The first kappa shape index (κ1) is 15.3. The number of aryl methyl sites for hydroxylation is 1. The van der Waals surface area contributed by atoms with Crippen molar-refractivity contribution in [2.24, 2.45) is 0 Å². The van der Waals surface area contributed by atoms with Crippen LogP contribution in [0.2, 0.25) is 0 Å². The Morgan fingerprint density at radius 1 is 1.25 bits per heavy atom. The number of imidazole rings is 1. The highest BCUT2D eigenvalue weighted by molar-refractivity contribution is 6.20. The zero-order valence-electron chi connectivity index (χ0n) is 12.9. The molecule has 0 aromatic carbocycles. The van der Waals surface area contributed by atoms with Gasteiger partial charge in [0.2, 0.25) is 0 Å². The van der Waals surface area contributed by atoms with E-state index in [4.69, 9.17) is 11.6 Å². The maximum Gasteiger partial charge on any atom is 0.160 e. The molecule has 2 heterocycles. The SMILES string of the molecule is Cc1ccc2nc(C(C)Cl)n(CCN(C)C(C)C)c2n1. The number of aromatic nitrogens is 3. The summed E-state index contributed by atoms with van der Waals surface area (Å²) in [6.45, 7) is 10.2. The standard InChI is InChI=1S/C15H23ClN4/c1-10(2)19(5)8-9-20-14(12(4)16)18-13-7-6-11(3)17-15(13)20/h6-7,10,12H,8-9H2,1-5H3. The topological polar surface area (TPSA) is 34.0 Å². The molecule has 0 saturated heterocycles. The zero-order chi connectivity index (χ0) is 14.9. The molecule has 110 valence electrons. The molecule has 0 aliphatic carbocycles. The lowest BCUT2D eigenvalue weighted by Crippen LogP contribution is -2.30. The number of halogens is 1. The summed E-state index contributed by atoms with van der Waals surface area (Å²) in [6.07, 6.45) is 0. The van der Waals surface area contributed by atoms with Crippen molar-refractivity contribution in [3.8, 4) is 0 Å². The largest absolute Gasteiger partial charge is 0.310 e. The monoisotopic (exact) mass is 294 g/mol. The third-order valence-electron chi connectivity index (χ3n) is 3.67. The summed E-state index contributed by atoms with van der Waals surface area (Å²) in [5.74, 6) is 0.900. The van der Waals surface area contributed by atoms with Crippen molar-refractivity contribution in [3.63, 3.8) is 0 Å². The van der Waals surface area contributed by atoms with Gasteiger partial charge in [-0.05, 0) is 46.9 Å². The van der Waals surface area contributed by atoms with Crippen LogP contribution in [0.1, 0.15) is 37.7 Å². The number of pyridine rings is 1. The predicted molar refractivity (Wildman–Crippen MR) is 84.3 cm³/mol. The van der Waals surface area contributed by atoms with Crippen LogP contribution in [0.25, 0.3) is 11.2 Å². The average molecular weight is 295 g/mol. The molecule has 0 N–H and O–H groups in total. The number of hydrogen-bond donors (Lipinski definition) is 0. The van der Waals surface area contributed by atoms with Gasteiger partial charge in [-0.15, -0.1) is 11.6 Å². The Bertz CT molecular complexity index is 589. The van der Waals surface area contributed by atoms with E-state index in [1.165, 1.54) is 0 Å². The van der Waals surface area contributed by atoms with Crippen LogP contribution in [0.5, 0.6) is 0 Å². The molecule has 0 amide bonds. The number of nitrogens with zero attached hydrogens (tertiary/aromatic N) is 4. The first-order valence-corrected chi connectivity index (χ1v) is 7.52. The van der Waals surface area contributed by atoms with Crippen LogP contribution in [0.15, 0.2) is 12.1 Å². The molecule has 0 aliphatic rings. The predicted octanol–water partition coefficient (Wildman–Crippen LogP) is 3.38. The lowest BCUT2D eigenvalue weighted by atomic mass is 10.3. The van der Waals surface area contributed by atoms with Crippen LogP contribution >= 0.6 is 11.6 Å². The van der Waals surface area contributed by atoms with Gasteiger partial charge < -0.3 is 9.47 Å². The van der Waals surface area contributed by atoms with E-state index in [0.29, 0.717) is 6.04 Å². The number of hydrogen-bond acceptors (Lipinski definition) is 3. The quantitative estimate of drug-likeness (QED) is 0.793. The zero-order valence-corrected chi connectivity index (χ0v) is 13.6. The molecular weight excluding hydrogens is 272 g/mol. The van der Waals surface area contributed by atoms with Crippen LogP contribution < -0.4 is 0 Å². The first-order valence-electron chi connectivity index (χ1n) is 7.08. The van der Waals surface area contributed by atoms with Crippen LogP contribution in [0.3, 0.4) is 0 Å². The molecule has 20 heavy (non-hydrogen) atoms. The molecule has 1 unspecified atom stereocenters. The number of rotatable bonds is 5. The highest BCUT2D eigenvalue weighted by atomic mass is 35.5. The molecule has 0 fully saturated rings. The molecule has 2 rings (SSSR count). The van der Waals surface area contributed by atoms with Crippen molar-refractivity contribution < 1.29 is 0 Å². The van der Waals surface area contributed by atoms with Gasteiger partial charge in [0, 0.05) is 24.8 Å². The Kier molecular flexibility index (Phi) is 4.66. The fourth-order valence-electron chi connectivity index (χ4n) is 2.15. The van der Waals surface area contributed by atoms with Gasteiger partial charge in [0.25, 0.3) is 0 Å². The summed E-state index contributed by atoms with van der Waals surface area (Å²) in [5.41, 5.74) is 2.86. The third-order valence-corrected chi connectivity index (χ3v) is 3.87. The lowest BCUT2D eigenvalue weighted by molar-refractivity contribution is 0.263. The maximum atomic E-state index is 6.27. The van der Waals surface area contributed by atoms with Gasteiger partial charge >= 0.3 is 0 Å². The van der Waals surface area contributed by atoms with Gasteiger partial charge in [-0.1, -0.05) is 0 Å². The van der Waals surface area contributed by atoms with Crippen molar-refractivity contribution in [1.29, 1.82) is 0 Å². The van der Waals surface area contributed by atoms with E-state index in [9.17, 15) is 0 Å². The summed E-state index contributed by atoms with van der Waals surface area (Å²) >= 11 is 6.27. The summed E-state index contributed by atoms with van der Waals surface area (Å²) < 4.78 is 2.15. The van der Waals surface area contributed by atoms with E-state index in [0.717, 1.165) is 35.8 Å². The molecular formula is C15H23ClN4. The first-order chi connectivity index (χ1) is 9.40. The van der Waals surface area contributed by atoms with E-state index in [2.05, 4.69) is 40.3 Å². The van der Waals surface area contributed by atoms with Gasteiger partial charge in [-0.25, -0.2) is 9.97 Å². The molecule has 2 aromatic rings. The van der Waals surface area contributed by atoms with Crippen molar-refractivity contribution >= 4 is 22.8 Å². The van der Waals surface area contributed by atoms with Crippen molar-refractivity contribution in [2.75, 3.05) is 13.6 Å². The molecule has 4 nitrogen and oxygen atoms in total. The summed E-state index contributed by atoms with van der Waals surface area (Å²) in [5, 5.41) is -0.117. The van der Waals surface area contributed by atoms with E-state index in [1.807, 2.05) is 26.0 Å². The van der Waals surface area contributed by atoms with Gasteiger partial charge in [0.1, 0.15) is 11.3 Å². The molecule has 0 radical (unpaired) electrons. The van der Waals surface area contributed by atoms with Gasteiger partial charge in [-0.2, -0.15) is 0 Å². The van der Waals surface area contributed by atoms with E-state index in [1.54, 1.807) is 0 Å². The highest BCUT2D eigenvalue weighted by Gasteiger charge is 2.16. The minimum absolute atomic E-state index is 0.117. The van der Waals surface area contributed by atoms with Gasteiger partial charge in [0.05, 0.1) is 5.38 Å². The third kappa shape index (κ3) is 3.13. The smallest absolute Gasteiger partial charge is 0.160 e. The van der Waals surface area contributed by atoms with Crippen LogP contribution in [-0.4, -0.2) is 39.1 Å². The fourth-order valence-corrected chi connectivity index (χ4v) is 2.32. The lowest BCUT2D eigenvalue weighted by Gasteiger charge is -2.22. The number of fused-ring (bicyclic) bond motifs is 1. The Labute approximate surface area is 125 Å². The molecule has 0 aliphatic heterocycles. The highest BCUT2D eigenvalue weighted by Crippen LogP contribution is 2.23. The second-order valence-electron chi connectivity index (χ2n) is 5.61. The molecule has 0 spiro atoms. The van der Waals surface area contributed by atoms with Crippen molar-refractivity contribution in [1.82, 2.24) is 19.4 Å². The molecule has 0 saturated carbocycles. The second-order valence-corrected chi connectivity index (χ2v) is 6.26. The second kappa shape index (κ2) is 6.10. The number of alkyl halides is 1. The molecule has 0 bridgehead atoms. The van der Waals surface area contributed by atoms with E-state index < -0.39 is 0 Å². The van der Waals surface area contributed by atoms with Gasteiger partial charge in [0.15, 0.2) is 5.65 Å². The Morgan fingerprint density at radius 2 is 1.95 bits per heavy atom. The number of likely N-dealkylation sites (N-methyl/N-ethyl adjacent to an activating group) is 1. The summed E-state index contributed by atoms with van der Waals surface area (Å²) in [4.78, 5) is 11.6. The fraction of sp³-hybridized carbons (Fsp3) is 0.600. The van der Waals surface area contributed by atoms with Crippen molar-refractivity contribution in [3.05, 3.63) is 23.7 Å². The summed E-state index contributed by atoms with van der Waals surface area (Å²) in [6, 6.07) is 4.53. The molecule has 5 heteroatoms. The molecule has 1 atom stereocenters. The van der Waals surface area contributed by atoms with E-state index in [-0.39, 0.29) is 5.38 Å². The average Bonchev–Trinajstić information content (AvgIpc) is 2.73. The van der Waals surface area contributed by atoms with Crippen LogP contribution in [-0.2, 0) is 6.54 Å². The van der Waals surface area contributed by atoms with Crippen LogP contribution in [0.4, 0.5) is 0 Å². The van der Waals surface area contributed by atoms with Crippen molar-refractivity contribution in [2.45, 2.75) is 45.7 Å². The normalized spacial score (nSPS) is 13.6. The van der Waals surface area contributed by atoms with Crippen LogP contribution in [0, 0.1) is 6.92 Å². The Morgan fingerprint density at radius 3 is 2.55 bits per heavy atom. The Balaban J connectivity index is 2.38. The van der Waals surface area contributed by atoms with Gasteiger partial charge in [-0.3, -0.25) is 0 Å². The molecule has 2 aromatic heterocycles. The van der Waals surface area contributed by atoms with E-state index >= 15 is 0 Å².